The molecule has 0 radical (unpaired) electrons. The Morgan fingerprint density at radius 3 is 2.59 bits per heavy atom. The number of nitrogens with zero attached hydrogens (tertiary/aromatic N) is 1. The number of carbonyl (C=O) groups excluding carboxylic acids is 3. The summed E-state index contributed by atoms with van der Waals surface area (Å²) in [5.74, 6) is 1.12. The summed E-state index contributed by atoms with van der Waals surface area (Å²) in [6.07, 6.45) is 0.430. The Morgan fingerprint density at radius 2 is 1.84 bits per heavy atom. The molecule has 0 unspecified atom stereocenters. The van der Waals surface area contributed by atoms with Gasteiger partial charge in [-0.2, -0.15) is 0 Å². The lowest BCUT2D eigenvalue weighted by molar-refractivity contribution is -0.117. The molecule has 2 aromatic rings. The van der Waals surface area contributed by atoms with E-state index >= 15 is 0 Å². The lowest BCUT2D eigenvalue weighted by Crippen LogP contribution is -2.35. The molecule has 8 nitrogen and oxygen atoms in total. The van der Waals surface area contributed by atoms with Gasteiger partial charge in [0.15, 0.2) is 11.5 Å². The first-order valence-corrected chi connectivity index (χ1v) is 11.4. The topological polar surface area (TPSA) is 97.0 Å². The Balaban J connectivity index is 1.65. The van der Waals surface area contributed by atoms with Crippen LogP contribution in [0.15, 0.2) is 41.3 Å². The summed E-state index contributed by atoms with van der Waals surface area (Å²) in [5.41, 5.74) is 1.58. The fourth-order valence-electron chi connectivity index (χ4n) is 3.19. The van der Waals surface area contributed by atoms with Gasteiger partial charge in [0.1, 0.15) is 0 Å². The molecule has 1 aliphatic rings. The summed E-state index contributed by atoms with van der Waals surface area (Å²) in [4.78, 5) is 39.4. The highest BCUT2D eigenvalue weighted by Crippen LogP contribution is 2.32. The van der Waals surface area contributed by atoms with Crippen LogP contribution in [0.25, 0.3) is 0 Å². The zero-order valence-electron chi connectivity index (χ0n) is 18.4. The van der Waals surface area contributed by atoms with Crippen LogP contribution in [-0.4, -0.2) is 55.2 Å². The highest BCUT2D eigenvalue weighted by atomic mass is 32.2. The van der Waals surface area contributed by atoms with Crippen molar-refractivity contribution >= 4 is 40.9 Å². The Labute approximate surface area is 191 Å². The SMILES string of the molecule is CCOc1ccc(NC(=O)CN(C)C(=O)c2ccc3c(c2)NC(=O)CCS3)cc1OCC. The third kappa shape index (κ3) is 5.94. The van der Waals surface area contributed by atoms with E-state index in [1.807, 2.05) is 19.9 Å². The Kier molecular flexibility index (Phi) is 7.99. The second kappa shape index (κ2) is 10.9. The van der Waals surface area contributed by atoms with Crippen molar-refractivity contribution in [3.63, 3.8) is 0 Å². The van der Waals surface area contributed by atoms with Gasteiger partial charge in [-0.15, -0.1) is 11.8 Å². The van der Waals surface area contributed by atoms with Gasteiger partial charge < -0.3 is 25.0 Å². The molecule has 0 bridgehead atoms. The van der Waals surface area contributed by atoms with Gasteiger partial charge in [0.2, 0.25) is 11.8 Å². The molecular weight excluding hydrogens is 430 g/mol. The summed E-state index contributed by atoms with van der Waals surface area (Å²) < 4.78 is 11.1. The van der Waals surface area contributed by atoms with Crippen LogP contribution in [0, 0.1) is 0 Å². The summed E-state index contributed by atoms with van der Waals surface area (Å²) in [6, 6.07) is 10.3. The summed E-state index contributed by atoms with van der Waals surface area (Å²) in [7, 11) is 1.56. The number of hydrogen-bond donors (Lipinski definition) is 2. The van der Waals surface area contributed by atoms with Gasteiger partial charge in [-0.1, -0.05) is 0 Å². The first-order valence-electron chi connectivity index (χ1n) is 10.4. The minimum Gasteiger partial charge on any atom is -0.490 e. The Hall–Kier alpha value is -3.20. The number of anilines is 2. The Morgan fingerprint density at radius 1 is 1.09 bits per heavy atom. The van der Waals surface area contributed by atoms with Crippen molar-refractivity contribution in [2.75, 3.05) is 43.2 Å². The number of ether oxygens (including phenoxy) is 2. The molecule has 0 aromatic heterocycles. The average Bonchev–Trinajstić information content (AvgIpc) is 2.95. The largest absolute Gasteiger partial charge is 0.490 e. The van der Waals surface area contributed by atoms with Crippen molar-refractivity contribution in [2.45, 2.75) is 25.2 Å². The maximum atomic E-state index is 12.8. The van der Waals surface area contributed by atoms with Crippen molar-refractivity contribution in [1.29, 1.82) is 0 Å². The number of rotatable bonds is 8. The van der Waals surface area contributed by atoms with Crippen LogP contribution in [0.5, 0.6) is 11.5 Å². The number of thioether (sulfide) groups is 1. The molecular formula is C23H27N3O5S. The quantitative estimate of drug-likeness (QED) is 0.628. The Bertz CT molecular complexity index is 1010. The molecule has 0 spiro atoms. The van der Waals surface area contributed by atoms with Gasteiger partial charge in [-0.05, 0) is 44.2 Å². The first-order chi connectivity index (χ1) is 15.4. The number of fused-ring (bicyclic) bond motifs is 1. The van der Waals surface area contributed by atoms with Crippen molar-refractivity contribution in [3.05, 3.63) is 42.0 Å². The highest BCUT2D eigenvalue weighted by molar-refractivity contribution is 7.99. The minimum absolute atomic E-state index is 0.0737. The molecule has 32 heavy (non-hydrogen) atoms. The molecule has 1 aliphatic heterocycles. The van der Waals surface area contributed by atoms with E-state index in [4.69, 9.17) is 9.47 Å². The predicted octanol–water partition coefficient (Wildman–Crippen LogP) is 3.63. The number of amides is 3. The average molecular weight is 458 g/mol. The zero-order valence-corrected chi connectivity index (χ0v) is 19.2. The van der Waals surface area contributed by atoms with Crippen LogP contribution >= 0.6 is 11.8 Å². The van der Waals surface area contributed by atoms with Crippen LogP contribution in [0.2, 0.25) is 0 Å². The highest BCUT2D eigenvalue weighted by Gasteiger charge is 2.19. The molecule has 3 rings (SSSR count). The maximum absolute atomic E-state index is 12.8. The summed E-state index contributed by atoms with van der Waals surface area (Å²) in [6.45, 7) is 4.59. The standard InChI is InChI=1S/C23H27N3O5S/c1-4-30-18-8-7-16(13-19(18)31-5-2)24-22(28)14-26(3)23(29)15-6-9-20-17(12-15)25-21(27)10-11-32-20/h6-9,12-13H,4-5,10-11,14H2,1-3H3,(H,24,28)(H,25,27). The van der Waals surface area contributed by atoms with E-state index in [9.17, 15) is 14.4 Å². The fraction of sp³-hybridized carbons (Fsp3) is 0.348. The van der Waals surface area contributed by atoms with Crippen LogP contribution in [0.1, 0.15) is 30.6 Å². The van der Waals surface area contributed by atoms with E-state index in [1.165, 1.54) is 4.90 Å². The normalized spacial score (nSPS) is 12.8. The molecule has 0 atom stereocenters. The second-order valence-electron chi connectivity index (χ2n) is 7.09. The zero-order chi connectivity index (χ0) is 23.1. The van der Waals surface area contributed by atoms with Crippen LogP contribution < -0.4 is 20.1 Å². The number of carbonyl (C=O) groups is 3. The molecule has 2 aromatic carbocycles. The molecule has 0 saturated carbocycles. The molecule has 170 valence electrons. The van der Waals surface area contributed by atoms with Crippen LogP contribution in [0.3, 0.4) is 0 Å². The van der Waals surface area contributed by atoms with E-state index < -0.39 is 0 Å². The monoisotopic (exact) mass is 457 g/mol. The predicted molar refractivity (Wildman–Crippen MR) is 125 cm³/mol. The molecule has 0 fully saturated rings. The van der Waals surface area contributed by atoms with E-state index in [2.05, 4.69) is 10.6 Å². The fourth-order valence-corrected chi connectivity index (χ4v) is 4.13. The summed E-state index contributed by atoms with van der Waals surface area (Å²) in [5, 5.41) is 5.61. The smallest absolute Gasteiger partial charge is 0.254 e. The molecule has 1 heterocycles. The minimum atomic E-state index is -0.342. The summed E-state index contributed by atoms with van der Waals surface area (Å²) >= 11 is 1.57. The van der Waals surface area contributed by atoms with Gasteiger partial charge in [-0.25, -0.2) is 0 Å². The van der Waals surface area contributed by atoms with E-state index in [0.717, 1.165) is 4.90 Å². The molecule has 0 saturated heterocycles. The number of nitrogens with one attached hydrogen (secondary N) is 2. The lowest BCUT2D eigenvalue weighted by atomic mass is 10.1. The number of hydrogen-bond acceptors (Lipinski definition) is 6. The van der Waals surface area contributed by atoms with Crippen molar-refractivity contribution in [1.82, 2.24) is 4.90 Å². The second-order valence-corrected chi connectivity index (χ2v) is 8.23. The van der Waals surface area contributed by atoms with Gasteiger partial charge in [-0.3, -0.25) is 14.4 Å². The van der Waals surface area contributed by atoms with E-state index in [1.54, 1.807) is 49.1 Å². The third-order valence-electron chi connectivity index (χ3n) is 4.64. The maximum Gasteiger partial charge on any atom is 0.254 e. The lowest BCUT2D eigenvalue weighted by Gasteiger charge is -2.18. The number of benzene rings is 2. The third-order valence-corrected chi connectivity index (χ3v) is 5.72. The van der Waals surface area contributed by atoms with Crippen LogP contribution in [0.4, 0.5) is 11.4 Å². The van der Waals surface area contributed by atoms with Gasteiger partial charge in [0.05, 0.1) is 25.4 Å². The van der Waals surface area contributed by atoms with Crippen molar-refractivity contribution in [2.24, 2.45) is 0 Å². The molecule has 9 heteroatoms. The first kappa shape index (κ1) is 23.5. The van der Waals surface area contributed by atoms with E-state index in [0.29, 0.717) is 53.8 Å². The van der Waals surface area contributed by atoms with Gasteiger partial charge in [0, 0.05) is 41.4 Å². The van der Waals surface area contributed by atoms with E-state index in [-0.39, 0.29) is 24.3 Å². The molecule has 2 N–H and O–H groups in total. The van der Waals surface area contributed by atoms with Crippen LogP contribution in [-0.2, 0) is 9.59 Å². The van der Waals surface area contributed by atoms with Gasteiger partial charge in [0.25, 0.3) is 5.91 Å². The number of likely N-dealkylation sites (N-methyl/N-ethyl adjacent to an activating group) is 1. The van der Waals surface area contributed by atoms with Crippen molar-refractivity contribution in [3.8, 4) is 11.5 Å². The van der Waals surface area contributed by atoms with Crippen molar-refractivity contribution < 1.29 is 23.9 Å². The molecule has 3 amide bonds. The molecule has 0 aliphatic carbocycles. The van der Waals surface area contributed by atoms with Gasteiger partial charge >= 0.3 is 0 Å².